The van der Waals surface area contributed by atoms with E-state index in [1.54, 1.807) is 28.9 Å². The summed E-state index contributed by atoms with van der Waals surface area (Å²) < 4.78 is 3.22. The Balaban J connectivity index is 1.76. The SMILES string of the molecule is CC(C)C[C@H](NC(=O)c1ccc(-n2cnnn2)cc1)c1ncnn1C. The summed E-state index contributed by atoms with van der Waals surface area (Å²) in [5.41, 5.74) is 1.35. The van der Waals surface area contributed by atoms with Gasteiger partial charge in [-0.05, 0) is 47.0 Å². The third kappa shape index (κ3) is 3.87. The van der Waals surface area contributed by atoms with E-state index in [1.807, 2.05) is 7.05 Å². The fraction of sp³-hybridized carbons (Fsp3) is 0.375. The highest BCUT2D eigenvalue weighted by atomic mass is 16.1. The quantitative estimate of drug-likeness (QED) is 0.725. The van der Waals surface area contributed by atoms with Crippen molar-refractivity contribution in [1.29, 1.82) is 0 Å². The lowest BCUT2D eigenvalue weighted by molar-refractivity contribution is 0.0929. The monoisotopic (exact) mass is 340 g/mol. The van der Waals surface area contributed by atoms with Gasteiger partial charge in [-0.2, -0.15) is 5.10 Å². The number of hydrogen-bond donors (Lipinski definition) is 1. The summed E-state index contributed by atoms with van der Waals surface area (Å²) in [4.78, 5) is 16.9. The summed E-state index contributed by atoms with van der Waals surface area (Å²) in [7, 11) is 1.82. The largest absolute Gasteiger partial charge is 0.342 e. The second kappa shape index (κ2) is 7.20. The second-order valence-electron chi connectivity index (χ2n) is 6.20. The fourth-order valence-electron chi connectivity index (χ4n) is 2.61. The van der Waals surface area contributed by atoms with Gasteiger partial charge in [0.25, 0.3) is 5.91 Å². The first-order valence-electron chi connectivity index (χ1n) is 8.02. The van der Waals surface area contributed by atoms with Crippen LogP contribution in [0.4, 0.5) is 0 Å². The molecule has 2 heterocycles. The maximum Gasteiger partial charge on any atom is 0.251 e. The number of hydrogen-bond acceptors (Lipinski definition) is 6. The molecule has 0 aliphatic carbocycles. The van der Waals surface area contributed by atoms with Gasteiger partial charge >= 0.3 is 0 Å². The zero-order chi connectivity index (χ0) is 17.8. The third-order valence-corrected chi connectivity index (χ3v) is 3.81. The van der Waals surface area contributed by atoms with E-state index >= 15 is 0 Å². The average molecular weight is 340 g/mol. The van der Waals surface area contributed by atoms with Gasteiger partial charge in [0.1, 0.15) is 18.5 Å². The lowest BCUT2D eigenvalue weighted by Gasteiger charge is -2.20. The Morgan fingerprint density at radius 3 is 2.56 bits per heavy atom. The number of carbonyl (C=O) groups excluding carboxylic acids is 1. The number of nitrogens with zero attached hydrogens (tertiary/aromatic N) is 7. The number of tetrazole rings is 1. The van der Waals surface area contributed by atoms with Crippen molar-refractivity contribution in [3.63, 3.8) is 0 Å². The lowest BCUT2D eigenvalue weighted by atomic mass is 10.0. The standard InChI is InChI=1S/C16H20N8O/c1-11(2)8-14(15-17-9-19-23(15)3)20-16(25)12-4-6-13(7-5-12)24-10-18-21-22-24/h4-7,9-11,14H,8H2,1-3H3,(H,20,25)/t14-/m0/s1. The number of benzene rings is 1. The summed E-state index contributed by atoms with van der Waals surface area (Å²) in [5, 5.41) is 18.2. The summed E-state index contributed by atoms with van der Waals surface area (Å²) in [5.74, 6) is 0.994. The Labute approximate surface area is 145 Å². The second-order valence-corrected chi connectivity index (χ2v) is 6.20. The molecular formula is C16H20N8O. The fourth-order valence-corrected chi connectivity index (χ4v) is 2.61. The highest BCUT2D eigenvalue weighted by Crippen LogP contribution is 2.19. The molecule has 0 fully saturated rings. The molecule has 3 rings (SSSR count). The Bertz CT molecular complexity index is 822. The predicted molar refractivity (Wildman–Crippen MR) is 89.8 cm³/mol. The van der Waals surface area contributed by atoms with Gasteiger partial charge < -0.3 is 5.32 Å². The molecule has 9 nitrogen and oxygen atoms in total. The van der Waals surface area contributed by atoms with Crippen molar-refractivity contribution in [3.8, 4) is 5.69 Å². The Morgan fingerprint density at radius 2 is 2.00 bits per heavy atom. The average Bonchev–Trinajstić information content (AvgIpc) is 3.25. The number of amides is 1. The minimum atomic E-state index is -0.195. The van der Waals surface area contributed by atoms with Gasteiger partial charge in [-0.25, -0.2) is 9.67 Å². The van der Waals surface area contributed by atoms with Crippen molar-refractivity contribution in [2.24, 2.45) is 13.0 Å². The lowest BCUT2D eigenvalue weighted by Crippen LogP contribution is -2.31. The van der Waals surface area contributed by atoms with E-state index in [0.717, 1.165) is 17.9 Å². The van der Waals surface area contributed by atoms with Crippen molar-refractivity contribution in [2.45, 2.75) is 26.3 Å². The Hall–Kier alpha value is -3.10. The third-order valence-electron chi connectivity index (χ3n) is 3.81. The molecule has 130 valence electrons. The van der Waals surface area contributed by atoms with Gasteiger partial charge in [0.2, 0.25) is 0 Å². The van der Waals surface area contributed by atoms with Crippen molar-refractivity contribution >= 4 is 5.91 Å². The first kappa shape index (κ1) is 16.7. The Morgan fingerprint density at radius 1 is 1.24 bits per heavy atom. The van der Waals surface area contributed by atoms with Crippen molar-refractivity contribution in [3.05, 3.63) is 48.3 Å². The summed E-state index contributed by atoms with van der Waals surface area (Å²) in [6.45, 7) is 4.22. The molecule has 0 aliphatic rings. The maximum absolute atomic E-state index is 12.6. The molecule has 0 aliphatic heterocycles. The van der Waals surface area contributed by atoms with E-state index in [-0.39, 0.29) is 11.9 Å². The van der Waals surface area contributed by atoms with Gasteiger partial charge in [0.15, 0.2) is 0 Å². The first-order chi connectivity index (χ1) is 12.0. The van der Waals surface area contributed by atoms with E-state index < -0.39 is 0 Å². The molecule has 3 aromatic rings. The van der Waals surface area contributed by atoms with Crippen LogP contribution in [0.5, 0.6) is 0 Å². The molecule has 2 aromatic heterocycles. The van der Waals surface area contributed by atoms with Gasteiger partial charge in [0.05, 0.1) is 11.7 Å². The minimum Gasteiger partial charge on any atom is -0.342 e. The van der Waals surface area contributed by atoms with E-state index in [9.17, 15) is 4.79 Å². The summed E-state index contributed by atoms with van der Waals surface area (Å²) in [6, 6.07) is 6.89. The molecule has 1 atom stereocenters. The number of aryl methyl sites for hydroxylation is 1. The van der Waals surface area contributed by atoms with Crippen LogP contribution in [0.25, 0.3) is 5.69 Å². The van der Waals surface area contributed by atoms with Crippen LogP contribution in [-0.2, 0) is 7.05 Å². The Kier molecular flexibility index (Phi) is 4.82. The van der Waals surface area contributed by atoms with Crippen LogP contribution in [0.2, 0.25) is 0 Å². The van der Waals surface area contributed by atoms with Crippen LogP contribution in [0.15, 0.2) is 36.9 Å². The zero-order valence-corrected chi connectivity index (χ0v) is 14.4. The van der Waals surface area contributed by atoms with Crippen LogP contribution in [-0.4, -0.2) is 40.9 Å². The molecule has 0 saturated carbocycles. The van der Waals surface area contributed by atoms with E-state index in [2.05, 4.69) is 44.8 Å². The van der Waals surface area contributed by atoms with Crippen molar-refractivity contribution in [2.75, 3.05) is 0 Å². The van der Waals surface area contributed by atoms with Crippen LogP contribution in [0, 0.1) is 5.92 Å². The molecular weight excluding hydrogens is 320 g/mol. The van der Waals surface area contributed by atoms with Gasteiger partial charge in [0, 0.05) is 12.6 Å². The number of aromatic nitrogens is 7. The van der Waals surface area contributed by atoms with E-state index in [0.29, 0.717) is 11.5 Å². The first-order valence-corrected chi connectivity index (χ1v) is 8.02. The zero-order valence-electron chi connectivity index (χ0n) is 14.4. The molecule has 1 amide bonds. The molecule has 0 spiro atoms. The van der Waals surface area contributed by atoms with Crippen LogP contribution in [0.3, 0.4) is 0 Å². The van der Waals surface area contributed by atoms with Crippen LogP contribution >= 0.6 is 0 Å². The topological polar surface area (TPSA) is 103 Å². The predicted octanol–water partition coefficient (Wildman–Crippen LogP) is 1.31. The van der Waals surface area contributed by atoms with E-state index in [4.69, 9.17) is 0 Å². The molecule has 0 bridgehead atoms. The van der Waals surface area contributed by atoms with Crippen molar-refractivity contribution < 1.29 is 4.79 Å². The van der Waals surface area contributed by atoms with Crippen molar-refractivity contribution in [1.82, 2.24) is 40.3 Å². The smallest absolute Gasteiger partial charge is 0.251 e. The maximum atomic E-state index is 12.6. The molecule has 9 heteroatoms. The van der Waals surface area contributed by atoms with Crippen LogP contribution in [0.1, 0.15) is 42.5 Å². The molecule has 0 unspecified atom stereocenters. The van der Waals surface area contributed by atoms with Gasteiger partial charge in [-0.15, -0.1) is 5.10 Å². The summed E-state index contributed by atoms with van der Waals surface area (Å²) >= 11 is 0. The highest BCUT2D eigenvalue weighted by Gasteiger charge is 2.21. The van der Waals surface area contributed by atoms with Gasteiger partial charge in [-0.3, -0.25) is 9.48 Å². The minimum absolute atomic E-state index is 0.156. The highest BCUT2D eigenvalue weighted by molar-refractivity contribution is 5.94. The molecule has 0 radical (unpaired) electrons. The molecule has 25 heavy (non-hydrogen) atoms. The number of rotatable bonds is 6. The summed E-state index contributed by atoms with van der Waals surface area (Å²) in [6.07, 6.45) is 3.78. The van der Waals surface area contributed by atoms with Crippen LogP contribution < -0.4 is 5.32 Å². The number of carbonyl (C=O) groups is 1. The normalized spacial score (nSPS) is 12.3. The van der Waals surface area contributed by atoms with Gasteiger partial charge in [-0.1, -0.05) is 13.8 Å². The van der Waals surface area contributed by atoms with E-state index in [1.165, 1.54) is 17.3 Å². The molecule has 1 aromatic carbocycles. The number of nitrogens with one attached hydrogen (secondary N) is 1. The molecule has 1 N–H and O–H groups in total. The molecule has 0 saturated heterocycles.